The van der Waals surface area contributed by atoms with E-state index in [-0.39, 0.29) is 11.8 Å². The Hall–Kier alpha value is -1.84. The fourth-order valence-electron chi connectivity index (χ4n) is 1.77. The van der Waals surface area contributed by atoms with Crippen LogP contribution in [0.5, 0.6) is 0 Å². The second kappa shape index (κ2) is 4.57. The molecule has 1 saturated carbocycles. The molecule has 0 aromatic heterocycles. The van der Waals surface area contributed by atoms with Crippen molar-refractivity contribution in [2.45, 2.75) is 20.3 Å². The van der Waals surface area contributed by atoms with Gasteiger partial charge in [0.05, 0.1) is 5.71 Å². The van der Waals surface area contributed by atoms with E-state index in [9.17, 15) is 4.79 Å². The number of amides is 1. The number of benzene rings is 1. The van der Waals surface area contributed by atoms with E-state index in [1.165, 1.54) is 0 Å². The summed E-state index contributed by atoms with van der Waals surface area (Å²) in [7, 11) is 0. The maximum Gasteiger partial charge on any atom is 0.227 e. The monoisotopic (exact) mass is 232 g/mol. The van der Waals surface area contributed by atoms with Crippen LogP contribution in [0, 0.1) is 11.8 Å². The predicted molar refractivity (Wildman–Crippen MR) is 66.3 cm³/mol. The molecule has 2 rings (SSSR count). The van der Waals surface area contributed by atoms with Crippen LogP contribution in [0.1, 0.15) is 25.8 Å². The van der Waals surface area contributed by atoms with Gasteiger partial charge in [0.25, 0.3) is 0 Å². The molecule has 1 amide bonds. The molecule has 4 nitrogen and oxygen atoms in total. The third kappa shape index (κ3) is 2.64. The lowest BCUT2D eigenvalue weighted by molar-refractivity contribution is -0.117. The highest BCUT2D eigenvalue weighted by Crippen LogP contribution is 2.38. The summed E-state index contributed by atoms with van der Waals surface area (Å²) < 4.78 is 0. The largest absolute Gasteiger partial charge is 0.411 e. The number of anilines is 1. The summed E-state index contributed by atoms with van der Waals surface area (Å²) in [5, 5.41) is 14.6. The topological polar surface area (TPSA) is 61.7 Å². The molecule has 0 radical (unpaired) electrons. The van der Waals surface area contributed by atoms with Crippen LogP contribution in [-0.4, -0.2) is 16.8 Å². The first kappa shape index (κ1) is 11.6. The van der Waals surface area contributed by atoms with Gasteiger partial charge in [-0.25, -0.2) is 0 Å². The number of hydrogen-bond acceptors (Lipinski definition) is 3. The smallest absolute Gasteiger partial charge is 0.227 e. The minimum absolute atomic E-state index is 0.0952. The Labute approximate surface area is 100 Å². The normalized spacial score (nSPS) is 23.3. The van der Waals surface area contributed by atoms with E-state index >= 15 is 0 Å². The summed E-state index contributed by atoms with van der Waals surface area (Å²) in [5.41, 5.74) is 2.17. The Bertz CT molecular complexity index is 451. The Morgan fingerprint density at radius 1 is 1.41 bits per heavy atom. The standard InChI is InChI=1S/C13H16N2O2/c1-8-7-12(8)13(16)14-11-5-3-10(4-6-11)9(2)15-17/h3-6,8,12,17H,7H2,1-2H3,(H,14,16)/b15-9+. The molecule has 1 aromatic carbocycles. The second-order valence-corrected chi connectivity index (χ2v) is 4.57. The molecule has 1 aliphatic rings. The zero-order valence-corrected chi connectivity index (χ0v) is 9.97. The molecule has 2 unspecified atom stereocenters. The summed E-state index contributed by atoms with van der Waals surface area (Å²) in [5.74, 6) is 0.784. The molecule has 2 N–H and O–H groups in total. The van der Waals surface area contributed by atoms with Gasteiger partial charge in [0.2, 0.25) is 5.91 Å². The highest BCUT2D eigenvalue weighted by molar-refractivity contribution is 5.99. The van der Waals surface area contributed by atoms with Gasteiger partial charge in [0.15, 0.2) is 0 Å². The van der Waals surface area contributed by atoms with Crippen molar-refractivity contribution in [2.24, 2.45) is 17.0 Å². The van der Waals surface area contributed by atoms with Crippen molar-refractivity contribution < 1.29 is 10.0 Å². The molecule has 1 fully saturated rings. The summed E-state index contributed by atoms with van der Waals surface area (Å²) in [4.78, 5) is 11.7. The van der Waals surface area contributed by atoms with Crippen LogP contribution in [0.4, 0.5) is 5.69 Å². The summed E-state index contributed by atoms with van der Waals surface area (Å²) in [6.45, 7) is 3.80. The maximum absolute atomic E-state index is 11.7. The highest BCUT2D eigenvalue weighted by Gasteiger charge is 2.38. The van der Waals surface area contributed by atoms with Crippen molar-refractivity contribution in [1.29, 1.82) is 0 Å². The Kier molecular flexibility index (Phi) is 3.13. The molecule has 1 aliphatic carbocycles. The van der Waals surface area contributed by atoms with Gasteiger partial charge in [-0.3, -0.25) is 4.79 Å². The molecule has 90 valence electrons. The van der Waals surface area contributed by atoms with Gasteiger partial charge in [-0.15, -0.1) is 0 Å². The first-order valence-corrected chi connectivity index (χ1v) is 5.71. The molecule has 1 aromatic rings. The number of nitrogens with zero attached hydrogens (tertiary/aromatic N) is 1. The van der Waals surface area contributed by atoms with Gasteiger partial charge in [-0.1, -0.05) is 24.2 Å². The van der Waals surface area contributed by atoms with E-state index in [2.05, 4.69) is 17.4 Å². The maximum atomic E-state index is 11.7. The lowest BCUT2D eigenvalue weighted by Crippen LogP contribution is -2.14. The molecule has 0 aliphatic heterocycles. The van der Waals surface area contributed by atoms with Crippen LogP contribution in [0.25, 0.3) is 0 Å². The Balaban J connectivity index is 2.01. The minimum Gasteiger partial charge on any atom is -0.411 e. The van der Waals surface area contributed by atoms with Crippen molar-refractivity contribution in [1.82, 2.24) is 0 Å². The number of rotatable bonds is 3. The summed E-state index contributed by atoms with van der Waals surface area (Å²) in [6.07, 6.45) is 0.986. The fourth-order valence-corrected chi connectivity index (χ4v) is 1.77. The zero-order chi connectivity index (χ0) is 12.4. The van der Waals surface area contributed by atoms with Crippen molar-refractivity contribution in [2.75, 3.05) is 5.32 Å². The van der Waals surface area contributed by atoms with E-state index in [4.69, 9.17) is 5.21 Å². The number of hydrogen-bond donors (Lipinski definition) is 2. The number of nitrogens with one attached hydrogen (secondary N) is 1. The van der Waals surface area contributed by atoms with E-state index in [1.807, 2.05) is 24.3 Å². The molecule has 17 heavy (non-hydrogen) atoms. The van der Waals surface area contributed by atoms with Crippen LogP contribution < -0.4 is 5.32 Å². The zero-order valence-electron chi connectivity index (χ0n) is 9.97. The van der Waals surface area contributed by atoms with E-state index in [0.29, 0.717) is 11.6 Å². The van der Waals surface area contributed by atoms with Crippen LogP contribution in [0.15, 0.2) is 29.4 Å². The molecule has 0 heterocycles. The van der Waals surface area contributed by atoms with Crippen molar-refractivity contribution in [3.05, 3.63) is 29.8 Å². The Morgan fingerprint density at radius 3 is 2.47 bits per heavy atom. The van der Waals surface area contributed by atoms with E-state index < -0.39 is 0 Å². The van der Waals surface area contributed by atoms with Gasteiger partial charge in [-0.2, -0.15) is 0 Å². The molecular weight excluding hydrogens is 216 g/mol. The molecule has 0 spiro atoms. The number of oxime groups is 1. The van der Waals surface area contributed by atoms with Gasteiger partial charge < -0.3 is 10.5 Å². The summed E-state index contributed by atoms with van der Waals surface area (Å²) in [6, 6.07) is 7.27. The van der Waals surface area contributed by atoms with Crippen molar-refractivity contribution in [3.63, 3.8) is 0 Å². The third-order valence-corrected chi connectivity index (χ3v) is 3.17. The number of carbonyl (C=O) groups is 1. The lowest BCUT2D eigenvalue weighted by atomic mass is 10.1. The SMILES string of the molecule is C/C(=N\O)c1ccc(NC(=O)C2CC2C)cc1. The molecular formula is C13H16N2O2. The highest BCUT2D eigenvalue weighted by atomic mass is 16.4. The van der Waals surface area contributed by atoms with E-state index in [1.54, 1.807) is 6.92 Å². The quantitative estimate of drug-likeness (QED) is 0.478. The van der Waals surface area contributed by atoms with Crippen molar-refractivity contribution >= 4 is 17.3 Å². The first-order valence-electron chi connectivity index (χ1n) is 5.71. The van der Waals surface area contributed by atoms with Crippen LogP contribution in [0.2, 0.25) is 0 Å². The van der Waals surface area contributed by atoms with Gasteiger partial charge in [0, 0.05) is 11.6 Å². The molecule has 0 saturated heterocycles. The van der Waals surface area contributed by atoms with Crippen LogP contribution in [-0.2, 0) is 4.79 Å². The molecule has 2 atom stereocenters. The van der Waals surface area contributed by atoms with Gasteiger partial charge in [-0.05, 0) is 37.0 Å². The Morgan fingerprint density at radius 2 is 2.00 bits per heavy atom. The average Bonchev–Trinajstić information content (AvgIpc) is 3.06. The van der Waals surface area contributed by atoms with Crippen LogP contribution in [0.3, 0.4) is 0 Å². The van der Waals surface area contributed by atoms with E-state index in [0.717, 1.165) is 17.7 Å². The first-order chi connectivity index (χ1) is 8.11. The summed E-state index contributed by atoms with van der Waals surface area (Å²) >= 11 is 0. The second-order valence-electron chi connectivity index (χ2n) is 4.57. The predicted octanol–water partition coefficient (Wildman–Crippen LogP) is 2.48. The van der Waals surface area contributed by atoms with Gasteiger partial charge >= 0.3 is 0 Å². The number of carbonyl (C=O) groups excluding carboxylic acids is 1. The van der Waals surface area contributed by atoms with Crippen molar-refractivity contribution in [3.8, 4) is 0 Å². The third-order valence-electron chi connectivity index (χ3n) is 3.17. The average molecular weight is 232 g/mol. The molecule has 4 heteroatoms. The molecule has 0 bridgehead atoms. The fraction of sp³-hybridized carbons (Fsp3) is 0.385. The van der Waals surface area contributed by atoms with Gasteiger partial charge in [0.1, 0.15) is 0 Å². The van der Waals surface area contributed by atoms with Crippen LogP contribution >= 0.6 is 0 Å². The lowest BCUT2D eigenvalue weighted by Gasteiger charge is -2.05. The minimum atomic E-state index is 0.0952.